The average Bonchev–Trinajstić information content (AvgIpc) is 2.40. The molecule has 1 aromatic rings. The second-order valence-electron chi connectivity index (χ2n) is 6.34. The fourth-order valence-electron chi connectivity index (χ4n) is 2.49. The molecule has 0 aliphatic carbocycles. The highest BCUT2D eigenvalue weighted by Gasteiger charge is 2.22. The number of phenolic OH excluding ortho intramolecular Hbond substituents is 1. The first-order valence-corrected chi connectivity index (χ1v) is 7.03. The van der Waals surface area contributed by atoms with Gasteiger partial charge in [-0.15, -0.1) is 0 Å². The zero-order chi connectivity index (χ0) is 14.8. The van der Waals surface area contributed by atoms with E-state index in [4.69, 9.17) is 4.74 Å². The van der Waals surface area contributed by atoms with Crippen molar-refractivity contribution in [2.75, 3.05) is 26.3 Å². The van der Waals surface area contributed by atoms with E-state index in [1.807, 2.05) is 26.8 Å². The van der Waals surface area contributed by atoms with Gasteiger partial charge in [-0.1, -0.05) is 26.8 Å². The van der Waals surface area contributed by atoms with Crippen molar-refractivity contribution in [1.29, 1.82) is 0 Å². The standard InChI is InChI=1S/C16H23NO3/c1-16(2,3)14-9-12(8-13(11-18)15(14)19)10-17-4-6-20-7-5-17/h8-9,11,19H,4-7,10H2,1-3H3. The van der Waals surface area contributed by atoms with Crippen LogP contribution in [-0.4, -0.2) is 42.6 Å². The lowest BCUT2D eigenvalue weighted by Crippen LogP contribution is -2.35. The molecule has 0 spiro atoms. The van der Waals surface area contributed by atoms with Crippen molar-refractivity contribution < 1.29 is 14.6 Å². The summed E-state index contributed by atoms with van der Waals surface area (Å²) >= 11 is 0. The highest BCUT2D eigenvalue weighted by Crippen LogP contribution is 2.34. The summed E-state index contributed by atoms with van der Waals surface area (Å²) in [5, 5.41) is 10.2. The largest absolute Gasteiger partial charge is 0.507 e. The van der Waals surface area contributed by atoms with Gasteiger partial charge < -0.3 is 9.84 Å². The topological polar surface area (TPSA) is 49.8 Å². The molecule has 0 saturated carbocycles. The van der Waals surface area contributed by atoms with Crippen molar-refractivity contribution in [3.63, 3.8) is 0 Å². The first-order chi connectivity index (χ1) is 9.41. The van der Waals surface area contributed by atoms with Crippen molar-refractivity contribution in [2.45, 2.75) is 32.7 Å². The SMILES string of the molecule is CC(C)(C)c1cc(CN2CCOCC2)cc(C=O)c1O. The average molecular weight is 277 g/mol. The Morgan fingerprint density at radius 3 is 2.50 bits per heavy atom. The van der Waals surface area contributed by atoms with E-state index in [-0.39, 0.29) is 11.2 Å². The highest BCUT2D eigenvalue weighted by molar-refractivity contribution is 5.80. The van der Waals surface area contributed by atoms with Crippen molar-refractivity contribution in [2.24, 2.45) is 0 Å². The monoisotopic (exact) mass is 277 g/mol. The molecule has 4 nitrogen and oxygen atoms in total. The Morgan fingerprint density at radius 1 is 1.30 bits per heavy atom. The van der Waals surface area contributed by atoms with E-state index in [1.165, 1.54) is 0 Å². The van der Waals surface area contributed by atoms with Gasteiger partial charge in [0.25, 0.3) is 0 Å². The molecule has 0 unspecified atom stereocenters. The Labute approximate surface area is 120 Å². The van der Waals surface area contributed by atoms with Gasteiger partial charge in [0.05, 0.1) is 18.8 Å². The maximum atomic E-state index is 11.2. The molecule has 20 heavy (non-hydrogen) atoms. The maximum absolute atomic E-state index is 11.2. The molecule has 1 aliphatic heterocycles. The molecule has 1 aliphatic rings. The third-order valence-corrected chi connectivity index (χ3v) is 3.64. The molecule has 1 heterocycles. The lowest BCUT2D eigenvalue weighted by molar-refractivity contribution is 0.0341. The number of aldehydes is 1. The molecular formula is C16H23NO3. The normalized spacial score (nSPS) is 17.1. The zero-order valence-corrected chi connectivity index (χ0v) is 12.5. The number of ether oxygens (including phenoxy) is 1. The Hall–Kier alpha value is -1.39. The lowest BCUT2D eigenvalue weighted by atomic mass is 9.84. The molecule has 0 atom stereocenters. The van der Waals surface area contributed by atoms with Crippen LogP contribution in [0, 0.1) is 0 Å². The maximum Gasteiger partial charge on any atom is 0.153 e. The van der Waals surface area contributed by atoms with Crippen molar-refractivity contribution in [3.8, 4) is 5.75 Å². The van der Waals surface area contributed by atoms with Crippen LogP contribution < -0.4 is 0 Å². The Balaban J connectivity index is 2.31. The quantitative estimate of drug-likeness (QED) is 0.862. The van der Waals surface area contributed by atoms with E-state index in [0.29, 0.717) is 5.56 Å². The van der Waals surface area contributed by atoms with Crippen LogP contribution in [0.3, 0.4) is 0 Å². The van der Waals surface area contributed by atoms with Crippen LogP contribution in [-0.2, 0) is 16.7 Å². The molecule has 0 bridgehead atoms. The third-order valence-electron chi connectivity index (χ3n) is 3.64. The molecular weight excluding hydrogens is 254 g/mol. The summed E-state index contributed by atoms with van der Waals surface area (Å²) in [6.45, 7) is 10.2. The molecule has 2 rings (SSSR count). The van der Waals surface area contributed by atoms with Gasteiger partial charge in [-0.2, -0.15) is 0 Å². The number of benzene rings is 1. The number of phenols is 1. The number of nitrogens with zero attached hydrogens (tertiary/aromatic N) is 1. The number of carbonyl (C=O) groups excluding carboxylic acids is 1. The number of rotatable bonds is 3. The van der Waals surface area contributed by atoms with Crippen molar-refractivity contribution in [3.05, 3.63) is 28.8 Å². The molecule has 0 aromatic heterocycles. The molecule has 1 saturated heterocycles. The first-order valence-electron chi connectivity index (χ1n) is 7.03. The van der Waals surface area contributed by atoms with Crippen molar-refractivity contribution in [1.82, 2.24) is 4.90 Å². The van der Waals surface area contributed by atoms with E-state index in [0.717, 1.165) is 50.3 Å². The van der Waals surface area contributed by atoms with Crippen LogP contribution >= 0.6 is 0 Å². The summed E-state index contributed by atoms with van der Waals surface area (Å²) < 4.78 is 5.34. The van der Waals surface area contributed by atoms with E-state index >= 15 is 0 Å². The molecule has 4 heteroatoms. The Kier molecular flexibility index (Phi) is 4.45. The zero-order valence-electron chi connectivity index (χ0n) is 12.5. The summed E-state index contributed by atoms with van der Waals surface area (Å²) in [5.74, 6) is 0.109. The van der Waals surface area contributed by atoms with Gasteiger partial charge >= 0.3 is 0 Å². The predicted molar refractivity (Wildman–Crippen MR) is 78.3 cm³/mol. The number of morpholine rings is 1. The van der Waals surface area contributed by atoms with E-state index < -0.39 is 0 Å². The fraction of sp³-hybridized carbons (Fsp3) is 0.562. The van der Waals surface area contributed by atoms with Crippen molar-refractivity contribution >= 4 is 6.29 Å². The summed E-state index contributed by atoms with van der Waals surface area (Å²) in [6, 6.07) is 3.80. The lowest BCUT2D eigenvalue weighted by Gasteiger charge is -2.28. The predicted octanol–water partition coefficient (Wildman–Crippen LogP) is 2.33. The summed E-state index contributed by atoms with van der Waals surface area (Å²) in [7, 11) is 0. The second kappa shape index (κ2) is 5.94. The van der Waals surface area contributed by atoms with Gasteiger partial charge in [0.2, 0.25) is 0 Å². The number of aromatic hydroxyl groups is 1. The van der Waals surface area contributed by atoms with Gasteiger partial charge in [0.15, 0.2) is 6.29 Å². The second-order valence-corrected chi connectivity index (χ2v) is 6.34. The molecule has 0 amide bonds. The molecule has 110 valence electrons. The Bertz CT molecular complexity index is 485. The smallest absolute Gasteiger partial charge is 0.153 e. The summed E-state index contributed by atoms with van der Waals surface area (Å²) in [6.07, 6.45) is 0.730. The summed E-state index contributed by atoms with van der Waals surface area (Å²) in [4.78, 5) is 13.5. The van der Waals surface area contributed by atoms with Gasteiger partial charge in [-0.05, 0) is 17.0 Å². The van der Waals surface area contributed by atoms with Crippen LogP contribution in [0.4, 0.5) is 0 Å². The Morgan fingerprint density at radius 2 is 1.95 bits per heavy atom. The van der Waals surface area contributed by atoms with Crippen LogP contribution in [0.1, 0.15) is 42.3 Å². The van der Waals surface area contributed by atoms with Crippen LogP contribution in [0.25, 0.3) is 0 Å². The highest BCUT2D eigenvalue weighted by atomic mass is 16.5. The number of carbonyl (C=O) groups is 1. The minimum Gasteiger partial charge on any atom is -0.507 e. The van der Waals surface area contributed by atoms with Crippen LogP contribution in [0.5, 0.6) is 5.75 Å². The van der Waals surface area contributed by atoms with Gasteiger partial charge in [-0.25, -0.2) is 0 Å². The molecule has 0 radical (unpaired) electrons. The third kappa shape index (κ3) is 3.38. The fourth-order valence-corrected chi connectivity index (χ4v) is 2.49. The number of hydrogen-bond acceptors (Lipinski definition) is 4. The van der Waals surface area contributed by atoms with E-state index in [1.54, 1.807) is 6.07 Å². The minimum absolute atomic E-state index is 0.109. The summed E-state index contributed by atoms with van der Waals surface area (Å²) in [5.41, 5.74) is 2.07. The molecule has 1 N–H and O–H groups in total. The molecule has 1 fully saturated rings. The van der Waals surface area contributed by atoms with Gasteiger partial charge in [0.1, 0.15) is 5.75 Å². The van der Waals surface area contributed by atoms with Crippen LogP contribution in [0.15, 0.2) is 12.1 Å². The van der Waals surface area contributed by atoms with E-state index in [2.05, 4.69) is 4.90 Å². The van der Waals surface area contributed by atoms with Crippen LogP contribution in [0.2, 0.25) is 0 Å². The number of hydrogen-bond donors (Lipinski definition) is 1. The van der Waals surface area contributed by atoms with Gasteiger partial charge in [-0.3, -0.25) is 9.69 Å². The first kappa shape index (κ1) is 15.0. The molecule has 1 aromatic carbocycles. The van der Waals surface area contributed by atoms with Gasteiger partial charge in [0, 0.05) is 25.2 Å². The minimum atomic E-state index is -0.192. The van der Waals surface area contributed by atoms with E-state index in [9.17, 15) is 9.90 Å².